The molecule has 0 bridgehead atoms. The smallest absolute Gasteiger partial charge is 0.294 e. The quantitative estimate of drug-likeness (QED) is 0.881. The zero-order valence-corrected chi connectivity index (χ0v) is 13.2. The van der Waals surface area contributed by atoms with E-state index >= 15 is 0 Å². The van der Waals surface area contributed by atoms with Gasteiger partial charge in [-0.2, -0.15) is 5.26 Å². The maximum Gasteiger partial charge on any atom is 0.294 e. The minimum Gasteiger partial charge on any atom is -0.351 e. The van der Waals surface area contributed by atoms with Crippen molar-refractivity contribution in [2.24, 2.45) is 0 Å². The molecule has 3 rings (SSSR count). The molecule has 1 aliphatic heterocycles. The molecule has 23 heavy (non-hydrogen) atoms. The van der Waals surface area contributed by atoms with E-state index in [0.29, 0.717) is 6.54 Å². The van der Waals surface area contributed by atoms with Crippen molar-refractivity contribution in [3.63, 3.8) is 0 Å². The third-order valence-electron chi connectivity index (χ3n) is 4.43. The van der Waals surface area contributed by atoms with Crippen molar-refractivity contribution in [1.29, 1.82) is 5.26 Å². The summed E-state index contributed by atoms with van der Waals surface area (Å²) >= 11 is 0. The number of nitrogens with one attached hydrogen (secondary N) is 1. The lowest BCUT2D eigenvalue weighted by Crippen LogP contribution is -2.17. The molecule has 6 heteroatoms. The molecule has 0 aliphatic carbocycles. The Kier molecular flexibility index (Phi) is 4.02. The van der Waals surface area contributed by atoms with E-state index in [9.17, 15) is 4.79 Å². The summed E-state index contributed by atoms with van der Waals surface area (Å²) in [6, 6.07) is 5.44. The Morgan fingerprint density at radius 3 is 2.91 bits per heavy atom. The summed E-state index contributed by atoms with van der Waals surface area (Å²) in [5.74, 6) is 0.0981. The van der Waals surface area contributed by atoms with E-state index in [2.05, 4.69) is 30.5 Å². The van der Waals surface area contributed by atoms with E-state index in [1.54, 1.807) is 4.90 Å². The second-order valence-corrected chi connectivity index (χ2v) is 5.83. The molecule has 0 spiro atoms. The minimum atomic E-state index is -0.317. The van der Waals surface area contributed by atoms with Crippen LogP contribution in [0.25, 0.3) is 0 Å². The summed E-state index contributed by atoms with van der Waals surface area (Å²) in [4.78, 5) is 14.0. The van der Waals surface area contributed by atoms with Gasteiger partial charge >= 0.3 is 0 Å². The Bertz CT molecular complexity index is 762. The summed E-state index contributed by atoms with van der Waals surface area (Å²) < 4.78 is 4.91. The molecule has 118 valence electrons. The van der Waals surface area contributed by atoms with Gasteiger partial charge in [-0.1, -0.05) is 11.2 Å². The van der Waals surface area contributed by atoms with E-state index in [1.807, 2.05) is 12.1 Å². The fourth-order valence-corrected chi connectivity index (χ4v) is 3.08. The number of anilines is 1. The fourth-order valence-electron chi connectivity index (χ4n) is 3.08. The molecule has 2 aromatic rings. The van der Waals surface area contributed by atoms with Crippen LogP contribution in [0.2, 0.25) is 0 Å². The first-order valence-corrected chi connectivity index (χ1v) is 7.57. The summed E-state index contributed by atoms with van der Waals surface area (Å²) in [5.41, 5.74) is 4.22. The molecule has 0 saturated carbocycles. The Hall–Kier alpha value is -2.81. The number of nitrogens with zero attached hydrogens (tertiary/aromatic N) is 3. The van der Waals surface area contributed by atoms with Gasteiger partial charge in [-0.25, -0.2) is 0 Å². The van der Waals surface area contributed by atoms with Gasteiger partial charge in [0.25, 0.3) is 5.91 Å². The molecule has 1 atom stereocenters. The molecule has 6 nitrogen and oxygen atoms in total. The highest BCUT2D eigenvalue weighted by Gasteiger charge is 2.27. The van der Waals surface area contributed by atoms with E-state index in [1.165, 1.54) is 17.8 Å². The predicted molar refractivity (Wildman–Crippen MR) is 84.9 cm³/mol. The van der Waals surface area contributed by atoms with Crippen LogP contribution in [0.5, 0.6) is 0 Å². The number of aromatic nitrogens is 1. The Balaban J connectivity index is 1.93. The van der Waals surface area contributed by atoms with Gasteiger partial charge in [0.05, 0.1) is 6.20 Å². The maximum atomic E-state index is 12.3. The lowest BCUT2D eigenvalue weighted by atomic mass is 9.90. The van der Waals surface area contributed by atoms with Crippen LogP contribution in [-0.2, 0) is 0 Å². The number of hydrogen-bond donors (Lipinski definition) is 1. The number of rotatable bonds is 3. The van der Waals surface area contributed by atoms with Gasteiger partial charge in [0, 0.05) is 30.8 Å². The number of benzene rings is 1. The van der Waals surface area contributed by atoms with Gasteiger partial charge in [0.1, 0.15) is 0 Å². The Morgan fingerprint density at radius 2 is 2.26 bits per heavy atom. The van der Waals surface area contributed by atoms with Crippen LogP contribution < -0.4 is 5.32 Å². The summed E-state index contributed by atoms with van der Waals surface area (Å²) in [6.45, 7) is 5.55. The van der Waals surface area contributed by atoms with E-state index in [4.69, 9.17) is 9.78 Å². The van der Waals surface area contributed by atoms with Gasteiger partial charge in [0.2, 0.25) is 5.76 Å². The Labute approximate surface area is 134 Å². The summed E-state index contributed by atoms with van der Waals surface area (Å²) in [7, 11) is 0. The van der Waals surface area contributed by atoms with Crippen molar-refractivity contribution in [3.8, 4) is 6.19 Å². The number of nitriles is 1. The summed E-state index contributed by atoms with van der Waals surface area (Å²) in [6.07, 6.45) is 4.55. The second-order valence-electron chi connectivity index (χ2n) is 5.83. The molecule has 1 amide bonds. The number of carbonyl (C=O) groups is 1. The van der Waals surface area contributed by atoms with Gasteiger partial charge in [-0.15, -0.1) is 0 Å². The van der Waals surface area contributed by atoms with Crippen molar-refractivity contribution in [3.05, 3.63) is 46.8 Å². The number of likely N-dealkylation sites (tertiary alicyclic amines) is 1. The molecular formula is C17H18N4O2. The SMILES string of the molecule is Cc1ccc(NC(=O)c2ccno2)c([C@H]2CCN(C#N)C2)c1C. The zero-order valence-electron chi connectivity index (χ0n) is 13.2. The van der Waals surface area contributed by atoms with Crippen LogP contribution in [0.1, 0.15) is 39.6 Å². The third-order valence-corrected chi connectivity index (χ3v) is 4.43. The normalized spacial score (nSPS) is 17.1. The average molecular weight is 310 g/mol. The van der Waals surface area contributed by atoms with Crippen molar-refractivity contribution >= 4 is 11.6 Å². The number of hydrogen-bond acceptors (Lipinski definition) is 5. The monoisotopic (exact) mass is 310 g/mol. The molecule has 1 aromatic heterocycles. The first-order chi connectivity index (χ1) is 11.1. The van der Waals surface area contributed by atoms with Gasteiger partial charge in [-0.3, -0.25) is 4.79 Å². The number of carbonyl (C=O) groups excluding carboxylic acids is 1. The highest BCUT2D eigenvalue weighted by Crippen LogP contribution is 2.36. The van der Waals surface area contributed by atoms with Crippen molar-refractivity contribution < 1.29 is 9.32 Å². The third kappa shape index (κ3) is 2.90. The van der Waals surface area contributed by atoms with Crippen LogP contribution in [0.3, 0.4) is 0 Å². The topological polar surface area (TPSA) is 82.2 Å². The standard InChI is InChI=1S/C17H18N4O2/c1-11-3-4-14(20-17(22)15-5-7-19-23-15)16(12(11)2)13-6-8-21(9-13)10-18/h3-5,7,13H,6,8-9H2,1-2H3,(H,20,22)/t13-/m0/s1. The highest BCUT2D eigenvalue weighted by atomic mass is 16.5. The van der Waals surface area contributed by atoms with E-state index in [0.717, 1.165) is 29.8 Å². The van der Waals surface area contributed by atoms with E-state index in [-0.39, 0.29) is 17.6 Å². The zero-order chi connectivity index (χ0) is 16.4. The van der Waals surface area contributed by atoms with Crippen molar-refractivity contribution in [1.82, 2.24) is 10.1 Å². The molecule has 2 heterocycles. The number of aryl methyl sites for hydroxylation is 1. The van der Waals surface area contributed by atoms with Gasteiger partial charge in [-0.05, 0) is 43.0 Å². The molecule has 0 unspecified atom stereocenters. The van der Waals surface area contributed by atoms with E-state index < -0.39 is 0 Å². The first-order valence-electron chi connectivity index (χ1n) is 7.57. The molecule has 1 N–H and O–H groups in total. The van der Waals surface area contributed by atoms with Crippen LogP contribution in [0, 0.1) is 25.3 Å². The first kappa shape index (κ1) is 15.1. The van der Waals surface area contributed by atoms with Gasteiger partial charge < -0.3 is 14.7 Å². The molecule has 1 fully saturated rings. The van der Waals surface area contributed by atoms with Crippen LogP contribution in [-0.4, -0.2) is 29.1 Å². The molecule has 1 aliphatic rings. The van der Waals surface area contributed by atoms with Crippen molar-refractivity contribution in [2.75, 3.05) is 18.4 Å². The van der Waals surface area contributed by atoms with Crippen molar-refractivity contribution in [2.45, 2.75) is 26.2 Å². The maximum absolute atomic E-state index is 12.3. The summed E-state index contributed by atoms with van der Waals surface area (Å²) in [5, 5.41) is 15.6. The fraction of sp³-hybridized carbons (Fsp3) is 0.353. The average Bonchev–Trinajstić information content (AvgIpc) is 3.22. The molecule has 1 saturated heterocycles. The van der Waals surface area contributed by atoms with Crippen LogP contribution >= 0.6 is 0 Å². The molecule has 1 aromatic carbocycles. The Morgan fingerprint density at radius 1 is 1.43 bits per heavy atom. The largest absolute Gasteiger partial charge is 0.351 e. The lowest BCUT2D eigenvalue weighted by Gasteiger charge is -2.20. The van der Waals surface area contributed by atoms with Crippen LogP contribution in [0.15, 0.2) is 28.9 Å². The second kappa shape index (κ2) is 6.13. The highest BCUT2D eigenvalue weighted by molar-refractivity contribution is 6.02. The van der Waals surface area contributed by atoms with Gasteiger partial charge in [0.15, 0.2) is 6.19 Å². The molecular weight excluding hydrogens is 292 g/mol. The number of amides is 1. The van der Waals surface area contributed by atoms with Crippen LogP contribution in [0.4, 0.5) is 5.69 Å². The lowest BCUT2D eigenvalue weighted by molar-refractivity contribution is 0.0988. The molecule has 0 radical (unpaired) electrons. The minimum absolute atomic E-state index is 0.180. The predicted octanol–water partition coefficient (Wildman–Crippen LogP) is 2.81.